The molecule has 2 heterocycles. The van der Waals surface area contributed by atoms with E-state index >= 15 is 0 Å². The number of urea groups is 1. The maximum Gasteiger partial charge on any atom is 0.322 e. The number of carbonyl (C=O) groups is 3. The summed E-state index contributed by atoms with van der Waals surface area (Å²) in [5.41, 5.74) is -1.35. The first-order chi connectivity index (χ1) is 8.81. The maximum absolute atomic E-state index is 12.5. The lowest BCUT2D eigenvalue weighted by atomic mass is 9.84. The molecule has 1 unspecified atom stereocenters. The van der Waals surface area contributed by atoms with Crippen LogP contribution < -0.4 is 10.6 Å². The summed E-state index contributed by atoms with van der Waals surface area (Å²) in [7, 11) is 0. The zero-order valence-electron chi connectivity index (χ0n) is 11.7. The lowest BCUT2D eigenvalue weighted by Crippen LogP contribution is -2.61. The van der Waals surface area contributed by atoms with E-state index in [0.717, 1.165) is 12.8 Å². The first-order valence-corrected chi connectivity index (χ1v) is 6.74. The third-order valence-electron chi connectivity index (χ3n) is 4.26. The summed E-state index contributed by atoms with van der Waals surface area (Å²) in [5, 5.41) is 4.94. The van der Waals surface area contributed by atoms with Gasteiger partial charge in [0, 0.05) is 12.0 Å². The zero-order chi connectivity index (χ0) is 14.3. The Bertz CT molecular complexity index is 433. The summed E-state index contributed by atoms with van der Waals surface area (Å²) in [4.78, 5) is 37.4. The Balaban J connectivity index is 2.16. The van der Waals surface area contributed by atoms with E-state index in [9.17, 15) is 14.4 Å². The van der Waals surface area contributed by atoms with Crippen molar-refractivity contribution in [3.63, 3.8) is 0 Å². The van der Waals surface area contributed by atoms with Crippen LogP contribution in [0.3, 0.4) is 0 Å². The number of nitrogens with zero attached hydrogens (tertiary/aromatic N) is 1. The fourth-order valence-electron chi connectivity index (χ4n) is 2.62. The number of amides is 4. The molecule has 6 nitrogen and oxygen atoms in total. The first kappa shape index (κ1) is 13.8. The molecule has 4 amide bonds. The molecule has 2 fully saturated rings. The van der Waals surface area contributed by atoms with Gasteiger partial charge in [0.15, 0.2) is 0 Å². The molecular weight excluding hydrogens is 246 g/mol. The summed E-state index contributed by atoms with van der Waals surface area (Å²) in [6.45, 7) is 6.70. The quantitative estimate of drug-likeness (QED) is 0.720. The van der Waals surface area contributed by atoms with Gasteiger partial charge in [-0.2, -0.15) is 0 Å². The van der Waals surface area contributed by atoms with E-state index in [2.05, 4.69) is 10.6 Å². The maximum atomic E-state index is 12.5. The molecular formula is C13H21N3O3. The average molecular weight is 267 g/mol. The molecule has 2 aliphatic heterocycles. The molecule has 0 aromatic rings. The molecule has 2 saturated heterocycles. The average Bonchev–Trinajstić information content (AvgIpc) is 2.63. The minimum absolute atomic E-state index is 0.0445. The Hall–Kier alpha value is -1.59. The molecule has 0 aliphatic carbocycles. The third kappa shape index (κ3) is 2.31. The summed E-state index contributed by atoms with van der Waals surface area (Å²) >= 11 is 0. The third-order valence-corrected chi connectivity index (χ3v) is 4.26. The molecule has 19 heavy (non-hydrogen) atoms. The zero-order valence-corrected chi connectivity index (χ0v) is 11.7. The highest BCUT2D eigenvalue weighted by Gasteiger charge is 2.50. The van der Waals surface area contributed by atoms with Crippen LogP contribution in [0.15, 0.2) is 0 Å². The summed E-state index contributed by atoms with van der Waals surface area (Å²) in [6.07, 6.45) is 2.05. The number of likely N-dealkylation sites (tertiary alicyclic amines) is 1. The molecule has 1 spiro atoms. The Labute approximate surface area is 112 Å². The van der Waals surface area contributed by atoms with Crippen LogP contribution in [0.2, 0.25) is 0 Å². The summed E-state index contributed by atoms with van der Waals surface area (Å²) in [5.74, 6) is -0.271. The number of imide groups is 1. The fraction of sp³-hybridized carbons (Fsp3) is 0.769. The van der Waals surface area contributed by atoms with Crippen molar-refractivity contribution in [1.29, 1.82) is 0 Å². The molecule has 0 radical (unpaired) electrons. The van der Waals surface area contributed by atoms with E-state index in [1.54, 1.807) is 4.90 Å². The smallest absolute Gasteiger partial charge is 0.322 e. The van der Waals surface area contributed by atoms with Gasteiger partial charge in [0.2, 0.25) is 5.91 Å². The number of carbonyl (C=O) groups excluding carboxylic acids is 3. The van der Waals surface area contributed by atoms with E-state index < -0.39 is 17.0 Å². The van der Waals surface area contributed by atoms with Crippen molar-refractivity contribution < 1.29 is 14.4 Å². The van der Waals surface area contributed by atoms with Gasteiger partial charge in [0.25, 0.3) is 5.91 Å². The summed E-state index contributed by atoms with van der Waals surface area (Å²) in [6, 6.07) is -0.464. The topological polar surface area (TPSA) is 78.5 Å². The molecule has 0 aromatic heterocycles. The summed E-state index contributed by atoms with van der Waals surface area (Å²) < 4.78 is 0. The minimum Gasteiger partial charge on any atom is -0.339 e. The largest absolute Gasteiger partial charge is 0.339 e. The van der Waals surface area contributed by atoms with Gasteiger partial charge in [0.05, 0.1) is 6.54 Å². The normalized spacial score (nSPS) is 27.4. The molecule has 1 atom stereocenters. The SMILES string of the molecule is CCC(C)(C)C(=O)N1CCCC2(C1)NC(=O)NC2=O. The van der Waals surface area contributed by atoms with Crippen LogP contribution in [0.25, 0.3) is 0 Å². The van der Waals surface area contributed by atoms with Crippen LogP contribution in [0, 0.1) is 5.41 Å². The van der Waals surface area contributed by atoms with Crippen molar-refractivity contribution in [3.05, 3.63) is 0 Å². The number of hydrogen-bond acceptors (Lipinski definition) is 3. The minimum atomic E-state index is -0.922. The highest BCUT2D eigenvalue weighted by molar-refractivity contribution is 6.07. The van der Waals surface area contributed by atoms with Gasteiger partial charge in [-0.05, 0) is 19.3 Å². The molecule has 106 valence electrons. The van der Waals surface area contributed by atoms with E-state index in [-0.39, 0.29) is 18.4 Å². The standard InChI is InChI=1S/C13H21N3O3/c1-4-12(2,3)10(18)16-7-5-6-13(8-16)9(17)14-11(19)15-13/h4-8H2,1-3H3,(H2,14,15,17,19). The van der Waals surface area contributed by atoms with Gasteiger partial charge in [0.1, 0.15) is 5.54 Å². The van der Waals surface area contributed by atoms with Crippen molar-refractivity contribution in [2.45, 2.75) is 45.6 Å². The Morgan fingerprint density at radius 3 is 2.63 bits per heavy atom. The predicted molar refractivity (Wildman–Crippen MR) is 69.3 cm³/mol. The van der Waals surface area contributed by atoms with E-state index in [1.807, 2.05) is 20.8 Å². The van der Waals surface area contributed by atoms with Gasteiger partial charge in [-0.1, -0.05) is 20.8 Å². The molecule has 0 aromatic carbocycles. The van der Waals surface area contributed by atoms with Crippen LogP contribution in [-0.4, -0.2) is 41.4 Å². The van der Waals surface area contributed by atoms with Crippen molar-refractivity contribution in [1.82, 2.24) is 15.5 Å². The number of hydrogen-bond donors (Lipinski definition) is 2. The number of rotatable bonds is 2. The van der Waals surface area contributed by atoms with Crippen LogP contribution in [0.1, 0.15) is 40.0 Å². The lowest BCUT2D eigenvalue weighted by Gasteiger charge is -2.41. The van der Waals surface area contributed by atoms with E-state index in [4.69, 9.17) is 0 Å². The molecule has 2 N–H and O–H groups in total. The van der Waals surface area contributed by atoms with Crippen molar-refractivity contribution in [2.24, 2.45) is 5.41 Å². The Morgan fingerprint density at radius 1 is 1.42 bits per heavy atom. The van der Waals surface area contributed by atoms with Crippen molar-refractivity contribution >= 4 is 17.8 Å². The van der Waals surface area contributed by atoms with E-state index in [1.165, 1.54) is 0 Å². The van der Waals surface area contributed by atoms with Crippen molar-refractivity contribution in [2.75, 3.05) is 13.1 Å². The van der Waals surface area contributed by atoms with Crippen LogP contribution >= 0.6 is 0 Å². The highest BCUT2D eigenvalue weighted by Crippen LogP contribution is 2.29. The van der Waals surface area contributed by atoms with Crippen LogP contribution in [-0.2, 0) is 9.59 Å². The molecule has 2 aliphatic rings. The second kappa shape index (κ2) is 4.51. The lowest BCUT2D eigenvalue weighted by molar-refractivity contribution is -0.144. The van der Waals surface area contributed by atoms with Crippen molar-refractivity contribution in [3.8, 4) is 0 Å². The second-order valence-corrected chi connectivity index (χ2v) is 6.06. The molecule has 6 heteroatoms. The fourth-order valence-corrected chi connectivity index (χ4v) is 2.62. The van der Waals surface area contributed by atoms with Crippen LogP contribution in [0.5, 0.6) is 0 Å². The van der Waals surface area contributed by atoms with Gasteiger partial charge >= 0.3 is 6.03 Å². The van der Waals surface area contributed by atoms with E-state index in [0.29, 0.717) is 13.0 Å². The first-order valence-electron chi connectivity index (χ1n) is 6.74. The van der Waals surface area contributed by atoms with Gasteiger partial charge in [-0.25, -0.2) is 4.79 Å². The number of piperidine rings is 1. The monoisotopic (exact) mass is 267 g/mol. The Morgan fingerprint density at radius 2 is 2.11 bits per heavy atom. The van der Waals surface area contributed by atoms with Crippen LogP contribution in [0.4, 0.5) is 4.79 Å². The van der Waals surface area contributed by atoms with Gasteiger partial charge in [-0.3, -0.25) is 14.9 Å². The molecule has 0 saturated carbocycles. The second-order valence-electron chi connectivity index (χ2n) is 6.06. The molecule has 2 rings (SSSR count). The van der Waals surface area contributed by atoms with Gasteiger partial charge < -0.3 is 10.2 Å². The highest BCUT2D eigenvalue weighted by atomic mass is 16.2. The predicted octanol–water partition coefficient (Wildman–Crippen LogP) is 0.623. The number of nitrogens with one attached hydrogen (secondary N) is 2. The molecule has 0 bridgehead atoms. The Kier molecular flexibility index (Phi) is 3.28. The van der Waals surface area contributed by atoms with Gasteiger partial charge in [-0.15, -0.1) is 0 Å².